The van der Waals surface area contributed by atoms with Crippen LogP contribution in [0, 0.1) is 0 Å². The van der Waals surface area contributed by atoms with Crippen molar-refractivity contribution in [3.63, 3.8) is 0 Å². The second-order valence-electron chi connectivity index (χ2n) is 5.96. The summed E-state index contributed by atoms with van der Waals surface area (Å²) in [6, 6.07) is 10.6. The van der Waals surface area contributed by atoms with Crippen LogP contribution in [0.5, 0.6) is 0 Å². The molecule has 1 aliphatic carbocycles. The summed E-state index contributed by atoms with van der Waals surface area (Å²) in [5.41, 5.74) is 1.26. The van der Waals surface area contributed by atoms with E-state index in [1.54, 1.807) is 7.11 Å². The van der Waals surface area contributed by atoms with E-state index < -0.39 is 0 Å². The van der Waals surface area contributed by atoms with E-state index in [2.05, 4.69) is 39.7 Å². The third-order valence-electron chi connectivity index (χ3n) is 4.67. The van der Waals surface area contributed by atoms with Gasteiger partial charge in [-0.2, -0.15) is 4.98 Å². The maximum absolute atomic E-state index is 5.51. The van der Waals surface area contributed by atoms with Crippen molar-refractivity contribution in [1.29, 1.82) is 0 Å². The average molecular weight is 285 g/mol. The normalized spacial score (nSPS) is 26.9. The number of aromatic nitrogens is 2. The molecular formula is C16H19N3O2. The zero-order valence-corrected chi connectivity index (χ0v) is 12.1. The fourth-order valence-corrected chi connectivity index (χ4v) is 3.17. The van der Waals surface area contributed by atoms with Gasteiger partial charge >= 0.3 is 0 Å². The molecule has 0 bridgehead atoms. The quantitative estimate of drug-likeness (QED) is 0.933. The highest BCUT2D eigenvalue weighted by Gasteiger charge is 2.50. The highest BCUT2D eigenvalue weighted by Crippen LogP contribution is 2.52. The molecule has 1 aromatic carbocycles. The molecule has 1 N–H and O–H groups in total. The number of rotatable bonds is 4. The maximum atomic E-state index is 5.51. The highest BCUT2D eigenvalue weighted by molar-refractivity contribution is 5.38. The largest absolute Gasteiger partial charge is 0.380 e. The molecule has 2 aliphatic rings. The van der Waals surface area contributed by atoms with Gasteiger partial charge in [-0.1, -0.05) is 35.5 Å². The van der Waals surface area contributed by atoms with Gasteiger partial charge in [-0.15, -0.1) is 0 Å². The summed E-state index contributed by atoms with van der Waals surface area (Å²) in [6.45, 7) is 0.836. The van der Waals surface area contributed by atoms with Crippen LogP contribution in [0.1, 0.15) is 42.6 Å². The summed E-state index contributed by atoms with van der Waals surface area (Å²) < 4.78 is 10.9. The lowest BCUT2D eigenvalue weighted by atomic mass is 9.95. The molecule has 21 heavy (non-hydrogen) atoms. The summed E-state index contributed by atoms with van der Waals surface area (Å²) in [7, 11) is 1.74. The van der Waals surface area contributed by atoms with Crippen molar-refractivity contribution < 1.29 is 9.26 Å². The van der Waals surface area contributed by atoms with E-state index in [4.69, 9.17) is 9.26 Å². The van der Waals surface area contributed by atoms with Gasteiger partial charge in [-0.3, -0.25) is 0 Å². The first kappa shape index (κ1) is 13.0. The van der Waals surface area contributed by atoms with Gasteiger partial charge in [0.15, 0.2) is 5.82 Å². The number of hydrogen-bond donors (Lipinski definition) is 1. The first-order valence-electron chi connectivity index (χ1n) is 7.47. The maximum Gasteiger partial charge on any atom is 0.243 e. The minimum atomic E-state index is -0.0255. The van der Waals surface area contributed by atoms with Crippen LogP contribution >= 0.6 is 0 Å². The van der Waals surface area contributed by atoms with Gasteiger partial charge in [0.05, 0.1) is 17.6 Å². The van der Waals surface area contributed by atoms with Crippen LogP contribution in [0.25, 0.3) is 0 Å². The smallest absolute Gasteiger partial charge is 0.243 e. The van der Waals surface area contributed by atoms with Crippen LogP contribution in [0.15, 0.2) is 34.9 Å². The highest BCUT2D eigenvalue weighted by atomic mass is 16.5. The van der Waals surface area contributed by atoms with Crippen LogP contribution in [0.3, 0.4) is 0 Å². The zero-order chi connectivity index (χ0) is 14.3. The van der Waals surface area contributed by atoms with Gasteiger partial charge in [-0.25, -0.2) is 0 Å². The van der Waals surface area contributed by atoms with E-state index in [-0.39, 0.29) is 17.6 Å². The third-order valence-corrected chi connectivity index (χ3v) is 4.67. The number of ether oxygens (including phenoxy) is 1. The lowest BCUT2D eigenvalue weighted by Crippen LogP contribution is -2.16. The molecule has 2 atom stereocenters. The summed E-state index contributed by atoms with van der Waals surface area (Å²) >= 11 is 0. The first-order valence-corrected chi connectivity index (χ1v) is 7.47. The Balaban J connectivity index is 1.58. The molecule has 4 rings (SSSR count). The Morgan fingerprint density at radius 1 is 1.29 bits per heavy atom. The Hall–Kier alpha value is -1.72. The van der Waals surface area contributed by atoms with E-state index in [1.807, 2.05) is 6.07 Å². The molecule has 2 unspecified atom stereocenters. The third kappa shape index (κ3) is 2.17. The number of benzene rings is 1. The molecular weight excluding hydrogens is 266 g/mol. The molecule has 1 aromatic heterocycles. The van der Waals surface area contributed by atoms with E-state index in [9.17, 15) is 0 Å². The van der Waals surface area contributed by atoms with Gasteiger partial charge < -0.3 is 14.6 Å². The van der Waals surface area contributed by atoms with Crippen LogP contribution in [0.4, 0.5) is 0 Å². The van der Waals surface area contributed by atoms with Crippen molar-refractivity contribution in [2.24, 2.45) is 0 Å². The zero-order valence-electron chi connectivity index (χ0n) is 12.1. The molecule has 110 valence electrons. The van der Waals surface area contributed by atoms with Crippen LogP contribution in [0.2, 0.25) is 0 Å². The predicted molar refractivity (Wildman–Crippen MR) is 76.9 cm³/mol. The molecule has 5 heteroatoms. The molecule has 0 radical (unpaired) electrons. The van der Waals surface area contributed by atoms with Gasteiger partial charge in [0.1, 0.15) is 0 Å². The molecule has 2 fully saturated rings. The Bertz CT molecular complexity index is 621. The van der Waals surface area contributed by atoms with Crippen molar-refractivity contribution in [2.45, 2.75) is 36.8 Å². The lowest BCUT2D eigenvalue weighted by molar-refractivity contribution is 0.116. The van der Waals surface area contributed by atoms with E-state index in [1.165, 1.54) is 5.56 Å². The van der Waals surface area contributed by atoms with Gasteiger partial charge in [0.2, 0.25) is 5.89 Å². The molecule has 2 heterocycles. The molecule has 1 saturated heterocycles. The number of methoxy groups -OCH3 is 1. The molecule has 5 nitrogen and oxygen atoms in total. The molecule has 0 amide bonds. The van der Waals surface area contributed by atoms with Crippen molar-refractivity contribution in [3.8, 4) is 0 Å². The van der Waals surface area contributed by atoms with Crippen molar-refractivity contribution in [3.05, 3.63) is 47.6 Å². The Labute approximate surface area is 123 Å². The molecule has 2 aromatic rings. The monoisotopic (exact) mass is 285 g/mol. The van der Waals surface area contributed by atoms with E-state index >= 15 is 0 Å². The average Bonchev–Trinajstić information content (AvgIpc) is 2.99. The summed E-state index contributed by atoms with van der Waals surface area (Å²) in [5, 5.41) is 7.63. The fourth-order valence-electron chi connectivity index (χ4n) is 3.17. The standard InChI is InChI=1S/C16H19N3O2/c1-20-12-9-13(17-10-12)14-18-15(19-21-14)16(7-8-16)11-5-3-2-4-6-11/h2-6,12-13,17H,7-10H2,1H3. The summed E-state index contributed by atoms with van der Waals surface area (Å²) in [5.74, 6) is 1.51. The van der Waals surface area contributed by atoms with E-state index in [0.717, 1.165) is 31.6 Å². The Morgan fingerprint density at radius 3 is 2.76 bits per heavy atom. The van der Waals surface area contributed by atoms with Gasteiger partial charge in [0, 0.05) is 13.7 Å². The van der Waals surface area contributed by atoms with Crippen LogP contribution in [-0.2, 0) is 10.2 Å². The minimum Gasteiger partial charge on any atom is -0.380 e. The van der Waals surface area contributed by atoms with Crippen LogP contribution < -0.4 is 5.32 Å². The Kier molecular flexibility index (Phi) is 3.05. The van der Waals surface area contributed by atoms with Crippen molar-refractivity contribution in [2.75, 3.05) is 13.7 Å². The number of nitrogens with zero attached hydrogens (tertiary/aromatic N) is 2. The lowest BCUT2D eigenvalue weighted by Gasteiger charge is -2.10. The van der Waals surface area contributed by atoms with E-state index in [0.29, 0.717) is 5.89 Å². The van der Waals surface area contributed by atoms with Crippen LogP contribution in [-0.4, -0.2) is 29.9 Å². The topological polar surface area (TPSA) is 60.2 Å². The molecule has 1 aliphatic heterocycles. The van der Waals surface area contributed by atoms with Gasteiger partial charge in [0.25, 0.3) is 0 Å². The molecule has 1 saturated carbocycles. The van der Waals surface area contributed by atoms with Crippen molar-refractivity contribution in [1.82, 2.24) is 15.5 Å². The summed E-state index contributed by atoms with van der Waals surface area (Å²) in [6.07, 6.45) is 3.30. The summed E-state index contributed by atoms with van der Waals surface area (Å²) in [4.78, 5) is 4.68. The number of nitrogens with one attached hydrogen (secondary N) is 1. The van der Waals surface area contributed by atoms with Crippen molar-refractivity contribution >= 4 is 0 Å². The predicted octanol–water partition coefficient (Wildman–Crippen LogP) is 2.20. The number of hydrogen-bond acceptors (Lipinski definition) is 5. The second-order valence-corrected chi connectivity index (χ2v) is 5.96. The molecule has 0 spiro atoms. The first-order chi connectivity index (χ1) is 10.3. The SMILES string of the molecule is COC1CNC(c2nc(C3(c4ccccc4)CC3)no2)C1. The fraction of sp³-hybridized carbons (Fsp3) is 0.500. The second kappa shape index (κ2) is 4.93. The Morgan fingerprint density at radius 2 is 2.10 bits per heavy atom. The minimum absolute atomic E-state index is 0.0255. The van der Waals surface area contributed by atoms with Gasteiger partial charge in [-0.05, 0) is 24.8 Å².